The van der Waals surface area contributed by atoms with E-state index in [0.29, 0.717) is 24.7 Å². The van der Waals surface area contributed by atoms with Gasteiger partial charge in [-0.3, -0.25) is 0 Å². The normalized spacial score (nSPS) is 22.8. The highest BCUT2D eigenvalue weighted by molar-refractivity contribution is 7.46. The zero-order chi connectivity index (χ0) is 22.0. The fourth-order valence-electron chi connectivity index (χ4n) is 4.22. The number of halogens is 1. The van der Waals surface area contributed by atoms with Crippen molar-refractivity contribution in [2.45, 2.75) is 62.1 Å². The van der Waals surface area contributed by atoms with E-state index in [2.05, 4.69) is 15.4 Å². The molecule has 2 aromatic heterocycles. The van der Waals surface area contributed by atoms with Crippen LogP contribution in [0.15, 0.2) is 12.1 Å². The van der Waals surface area contributed by atoms with Crippen molar-refractivity contribution in [2.24, 2.45) is 0 Å². The first kappa shape index (κ1) is 23.1. The quantitative estimate of drug-likeness (QED) is 0.345. The lowest BCUT2D eigenvalue weighted by Crippen LogP contribution is -2.41. The van der Waals surface area contributed by atoms with Gasteiger partial charge < -0.3 is 34.8 Å². The highest BCUT2D eigenvalue weighted by Gasteiger charge is 2.40. The van der Waals surface area contributed by atoms with E-state index >= 15 is 0 Å². The standard InChI is InChI=1S/C19H28ClN4O6P/c20-18-22-17(21-12-3-1-2-4-12)15-7-6-14(24(15)23-18)16-8-5-13(30-16)9-29-19(10-25,11-26)31(27)28/h6-7,12-13,16,25-28H,1-5,8-11H2,(H,21,22,23)/t13?,16-/m1/s1. The lowest BCUT2D eigenvalue weighted by Gasteiger charge is -2.31. The molecule has 1 saturated heterocycles. The Balaban J connectivity index is 1.46. The molecule has 1 unspecified atom stereocenters. The van der Waals surface area contributed by atoms with Gasteiger partial charge in [0.1, 0.15) is 11.6 Å². The van der Waals surface area contributed by atoms with Gasteiger partial charge in [0.05, 0.1) is 31.6 Å². The van der Waals surface area contributed by atoms with E-state index in [1.807, 2.05) is 12.1 Å². The summed E-state index contributed by atoms with van der Waals surface area (Å²) in [5.74, 6) is 0.714. The maximum absolute atomic E-state index is 9.51. The first-order valence-corrected chi connectivity index (χ1v) is 12.1. The molecule has 0 amide bonds. The number of aliphatic hydroxyl groups is 2. The van der Waals surface area contributed by atoms with Crippen molar-refractivity contribution in [2.75, 3.05) is 25.1 Å². The molecule has 31 heavy (non-hydrogen) atoms. The lowest BCUT2D eigenvalue weighted by molar-refractivity contribution is -0.0976. The molecule has 2 atom stereocenters. The summed E-state index contributed by atoms with van der Waals surface area (Å²) < 4.78 is 13.3. The van der Waals surface area contributed by atoms with E-state index in [4.69, 9.17) is 21.1 Å². The molecule has 2 aromatic rings. The van der Waals surface area contributed by atoms with Gasteiger partial charge in [0.25, 0.3) is 0 Å². The van der Waals surface area contributed by atoms with Crippen molar-refractivity contribution in [3.05, 3.63) is 23.1 Å². The minimum absolute atomic E-state index is 0.0190. The van der Waals surface area contributed by atoms with E-state index in [0.717, 1.165) is 24.1 Å². The largest absolute Gasteiger partial charge is 0.393 e. The number of aliphatic hydroxyl groups excluding tert-OH is 2. The van der Waals surface area contributed by atoms with Gasteiger partial charge in [0.2, 0.25) is 13.7 Å². The molecule has 3 heterocycles. The molecule has 0 spiro atoms. The third-order valence-corrected chi connectivity index (χ3v) is 7.34. The summed E-state index contributed by atoms with van der Waals surface area (Å²) in [6.45, 7) is -1.38. The van der Waals surface area contributed by atoms with Crippen LogP contribution in [0.3, 0.4) is 0 Å². The average molecular weight is 475 g/mol. The van der Waals surface area contributed by atoms with Crippen molar-refractivity contribution in [3.63, 3.8) is 0 Å². The predicted molar refractivity (Wildman–Crippen MR) is 115 cm³/mol. The second-order valence-electron chi connectivity index (χ2n) is 8.10. The Morgan fingerprint density at radius 2 is 1.94 bits per heavy atom. The van der Waals surface area contributed by atoms with Crippen LogP contribution in [0.25, 0.3) is 5.52 Å². The second kappa shape index (κ2) is 9.80. The van der Waals surface area contributed by atoms with Gasteiger partial charge in [-0.1, -0.05) is 12.8 Å². The highest BCUT2D eigenvalue weighted by Crippen LogP contribution is 2.43. The zero-order valence-electron chi connectivity index (χ0n) is 17.0. The molecule has 10 nitrogen and oxygen atoms in total. The Hall–Kier alpha value is -1.10. The molecular formula is C19H28ClN4O6P. The molecule has 0 bridgehead atoms. The van der Waals surface area contributed by atoms with E-state index in [9.17, 15) is 20.0 Å². The van der Waals surface area contributed by atoms with Crippen LogP contribution < -0.4 is 5.32 Å². The zero-order valence-corrected chi connectivity index (χ0v) is 18.7. The number of aromatic nitrogens is 3. The fraction of sp³-hybridized carbons (Fsp3) is 0.684. The monoisotopic (exact) mass is 474 g/mol. The first-order valence-electron chi connectivity index (χ1n) is 10.5. The Morgan fingerprint density at radius 1 is 1.19 bits per heavy atom. The minimum Gasteiger partial charge on any atom is -0.393 e. The van der Waals surface area contributed by atoms with Crippen molar-refractivity contribution >= 4 is 31.3 Å². The molecule has 2 aliphatic rings. The SMILES string of the molecule is OCC(CO)(OCC1CC[C@H](c2ccc3c(NC4CCCC4)nc(Cl)nn23)O1)P(O)O. The summed E-state index contributed by atoms with van der Waals surface area (Å²) in [5, 5.41) is 25.1. The molecule has 4 rings (SSSR count). The highest BCUT2D eigenvalue weighted by atomic mass is 35.5. The number of hydrogen-bond acceptors (Lipinski definition) is 9. The molecule has 1 saturated carbocycles. The summed E-state index contributed by atoms with van der Waals surface area (Å²) in [4.78, 5) is 23.4. The fourth-order valence-corrected chi connectivity index (χ4v) is 4.83. The summed E-state index contributed by atoms with van der Waals surface area (Å²) in [5.41, 5.74) is 1.68. The van der Waals surface area contributed by atoms with E-state index in [1.54, 1.807) is 4.52 Å². The third kappa shape index (κ3) is 4.82. The minimum atomic E-state index is -2.67. The number of ether oxygens (including phenoxy) is 2. The summed E-state index contributed by atoms with van der Waals surface area (Å²) in [7, 11) is -2.67. The molecule has 0 radical (unpaired) electrons. The van der Waals surface area contributed by atoms with Gasteiger partial charge in [0.15, 0.2) is 11.2 Å². The number of nitrogens with one attached hydrogen (secondary N) is 1. The number of nitrogens with zero attached hydrogens (tertiary/aromatic N) is 3. The van der Waals surface area contributed by atoms with Gasteiger partial charge in [-0.15, -0.1) is 5.10 Å². The van der Waals surface area contributed by atoms with Gasteiger partial charge in [-0.25, -0.2) is 4.52 Å². The number of rotatable bonds is 9. The second-order valence-corrected chi connectivity index (χ2v) is 9.83. The Labute approximate surface area is 186 Å². The molecule has 12 heteroatoms. The number of anilines is 1. The average Bonchev–Trinajstić information content (AvgIpc) is 3.49. The summed E-state index contributed by atoms with van der Waals surface area (Å²) in [6.07, 6.45) is 5.46. The maximum atomic E-state index is 9.51. The van der Waals surface area contributed by atoms with E-state index in [1.165, 1.54) is 12.8 Å². The Bertz CT molecular complexity index is 890. The Morgan fingerprint density at radius 3 is 2.61 bits per heavy atom. The first-order chi connectivity index (χ1) is 15.0. The van der Waals surface area contributed by atoms with Gasteiger partial charge in [0, 0.05) is 6.04 Å². The maximum Gasteiger partial charge on any atom is 0.243 e. The molecular weight excluding hydrogens is 447 g/mol. The van der Waals surface area contributed by atoms with Crippen LogP contribution in [0, 0.1) is 0 Å². The molecule has 172 valence electrons. The van der Waals surface area contributed by atoms with Crippen molar-refractivity contribution < 1.29 is 29.5 Å². The third-order valence-electron chi connectivity index (χ3n) is 6.04. The predicted octanol–water partition coefficient (Wildman–Crippen LogP) is 1.95. The molecule has 0 aromatic carbocycles. The van der Waals surface area contributed by atoms with Crippen molar-refractivity contribution in [1.29, 1.82) is 0 Å². The van der Waals surface area contributed by atoms with Crippen LogP contribution in [-0.2, 0) is 9.47 Å². The van der Waals surface area contributed by atoms with Crippen LogP contribution in [-0.4, -0.2) is 71.9 Å². The van der Waals surface area contributed by atoms with Crippen LogP contribution in [0.5, 0.6) is 0 Å². The molecule has 2 fully saturated rings. The van der Waals surface area contributed by atoms with Gasteiger partial charge in [-0.05, 0) is 49.4 Å². The van der Waals surface area contributed by atoms with Gasteiger partial charge in [-0.2, -0.15) is 4.98 Å². The topological polar surface area (TPSA) is 142 Å². The smallest absolute Gasteiger partial charge is 0.243 e. The van der Waals surface area contributed by atoms with E-state index in [-0.39, 0.29) is 24.1 Å². The van der Waals surface area contributed by atoms with Crippen LogP contribution >= 0.6 is 20.0 Å². The summed E-state index contributed by atoms with van der Waals surface area (Å²) >= 11 is 6.20. The number of hydrogen-bond donors (Lipinski definition) is 5. The van der Waals surface area contributed by atoms with Crippen LogP contribution in [0.4, 0.5) is 5.82 Å². The molecule has 5 N–H and O–H groups in total. The summed E-state index contributed by atoms with van der Waals surface area (Å²) in [6, 6.07) is 4.28. The van der Waals surface area contributed by atoms with Crippen LogP contribution in [0.1, 0.15) is 50.3 Å². The van der Waals surface area contributed by atoms with Gasteiger partial charge >= 0.3 is 0 Å². The van der Waals surface area contributed by atoms with Crippen LogP contribution in [0.2, 0.25) is 5.28 Å². The van der Waals surface area contributed by atoms with E-state index < -0.39 is 26.9 Å². The molecule has 1 aliphatic carbocycles. The van der Waals surface area contributed by atoms with Crippen molar-refractivity contribution in [1.82, 2.24) is 14.6 Å². The number of fused-ring (bicyclic) bond motifs is 1. The lowest BCUT2D eigenvalue weighted by atomic mass is 10.1. The Kier molecular flexibility index (Phi) is 7.30. The van der Waals surface area contributed by atoms with Crippen molar-refractivity contribution in [3.8, 4) is 0 Å². The molecule has 1 aliphatic heterocycles.